The molecule has 0 radical (unpaired) electrons. The molecule has 4 unspecified atom stereocenters. The van der Waals surface area contributed by atoms with Crippen LogP contribution in [0.2, 0.25) is 0 Å². The highest BCUT2D eigenvalue weighted by Gasteiger charge is 2.32. The second-order valence-electron chi connectivity index (χ2n) is 9.05. The molecule has 0 spiro atoms. The van der Waals surface area contributed by atoms with E-state index < -0.39 is 59.7 Å². The Hall–Kier alpha value is -3.58. The van der Waals surface area contributed by atoms with Crippen LogP contribution in [0.5, 0.6) is 0 Å². The Labute approximate surface area is 219 Å². The fourth-order valence-electron chi connectivity index (χ4n) is 3.69. The van der Waals surface area contributed by atoms with Crippen molar-refractivity contribution >= 4 is 53.1 Å². The lowest BCUT2D eigenvalue weighted by atomic mass is 10.0. The van der Waals surface area contributed by atoms with Gasteiger partial charge in [0.15, 0.2) is 0 Å². The number of carbonyl (C=O) groups is 5. The van der Waals surface area contributed by atoms with Crippen LogP contribution in [-0.4, -0.2) is 69.6 Å². The number of carboxylic acid groups (broad SMARTS) is 1. The van der Waals surface area contributed by atoms with Gasteiger partial charge in [0.25, 0.3) is 0 Å². The predicted octanol–water partition coefficient (Wildman–Crippen LogP) is -0.572. The molecule has 4 amide bonds. The summed E-state index contributed by atoms with van der Waals surface area (Å²) in [7, 11) is 0. The Morgan fingerprint density at radius 1 is 1.00 bits per heavy atom. The number of amides is 4. The number of benzene rings is 1. The Balaban J connectivity index is 2.34. The summed E-state index contributed by atoms with van der Waals surface area (Å²) in [4.78, 5) is 64.9. The van der Waals surface area contributed by atoms with E-state index in [9.17, 15) is 29.1 Å². The molecule has 0 aliphatic heterocycles. The van der Waals surface area contributed by atoms with Gasteiger partial charge in [0.2, 0.25) is 23.6 Å². The third-order valence-corrected chi connectivity index (χ3v) is 6.20. The number of aromatic nitrogens is 1. The Morgan fingerprint density at radius 3 is 2.22 bits per heavy atom. The number of carboxylic acids is 1. The SMILES string of the molecule is CC(C)C(NC(=O)C(Cc1c[nH]c2ccccc12)NC(=O)C(CCC(N)=O)NC(=O)C(N)CS)C(=O)O. The summed E-state index contributed by atoms with van der Waals surface area (Å²) in [6.45, 7) is 3.29. The van der Waals surface area contributed by atoms with Gasteiger partial charge in [-0.3, -0.25) is 19.2 Å². The van der Waals surface area contributed by atoms with Gasteiger partial charge < -0.3 is 37.5 Å². The van der Waals surface area contributed by atoms with Crippen LogP contribution in [-0.2, 0) is 30.4 Å². The Kier molecular flexibility index (Phi) is 10.9. The molecule has 0 fully saturated rings. The number of nitrogens with two attached hydrogens (primary N) is 2. The van der Waals surface area contributed by atoms with E-state index in [-0.39, 0.29) is 25.0 Å². The van der Waals surface area contributed by atoms with E-state index in [1.165, 1.54) is 0 Å². The number of primary amides is 1. The van der Waals surface area contributed by atoms with Crippen LogP contribution < -0.4 is 27.4 Å². The van der Waals surface area contributed by atoms with Crippen LogP contribution in [0.25, 0.3) is 10.9 Å². The predicted molar refractivity (Wildman–Crippen MR) is 141 cm³/mol. The fourth-order valence-corrected chi connectivity index (χ4v) is 3.85. The number of carbonyl (C=O) groups excluding carboxylic acids is 4. The molecule has 202 valence electrons. The van der Waals surface area contributed by atoms with Gasteiger partial charge in [-0.2, -0.15) is 12.6 Å². The maximum atomic E-state index is 13.2. The Bertz CT molecular complexity index is 1140. The van der Waals surface area contributed by atoms with Crippen molar-refractivity contribution in [3.63, 3.8) is 0 Å². The molecule has 13 heteroatoms. The van der Waals surface area contributed by atoms with Crippen LogP contribution in [0.15, 0.2) is 30.5 Å². The lowest BCUT2D eigenvalue weighted by molar-refractivity contribution is -0.143. The summed E-state index contributed by atoms with van der Waals surface area (Å²) < 4.78 is 0. The van der Waals surface area contributed by atoms with Gasteiger partial charge in [-0.15, -0.1) is 0 Å². The molecule has 0 bridgehead atoms. The summed E-state index contributed by atoms with van der Waals surface area (Å²) in [5, 5.41) is 17.9. The first-order valence-electron chi connectivity index (χ1n) is 11.8. The molecule has 1 aromatic heterocycles. The van der Waals surface area contributed by atoms with Crippen LogP contribution in [0.3, 0.4) is 0 Å². The van der Waals surface area contributed by atoms with E-state index in [0.29, 0.717) is 5.56 Å². The van der Waals surface area contributed by atoms with E-state index in [1.807, 2.05) is 24.3 Å². The van der Waals surface area contributed by atoms with Crippen molar-refractivity contribution in [1.29, 1.82) is 0 Å². The van der Waals surface area contributed by atoms with Gasteiger partial charge >= 0.3 is 5.97 Å². The number of thiol groups is 1. The summed E-state index contributed by atoms with van der Waals surface area (Å²) in [6.07, 6.45) is 1.39. The quantitative estimate of drug-likeness (QED) is 0.148. The molecule has 1 aromatic carbocycles. The number of H-pyrrole nitrogens is 1. The molecule has 0 aliphatic carbocycles. The van der Waals surface area contributed by atoms with E-state index in [0.717, 1.165) is 10.9 Å². The molecule has 2 rings (SSSR count). The molecule has 9 N–H and O–H groups in total. The number of aliphatic carboxylic acids is 1. The smallest absolute Gasteiger partial charge is 0.326 e. The molecule has 4 atom stereocenters. The van der Waals surface area contributed by atoms with E-state index in [2.05, 4.69) is 33.6 Å². The maximum absolute atomic E-state index is 13.2. The summed E-state index contributed by atoms with van der Waals surface area (Å²) in [5.41, 5.74) is 12.4. The van der Waals surface area contributed by atoms with E-state index in [4.69, 9.17) is 11.5 Å². The zero-order valence-electron chi connectivity index (χ0n) is 20.7. The summed E-state index contributed by atoms with van der Waals surface area (Å²) in [5.74, 6) is -4.43. The average Bonchev–Trinajstić information content (AvgIpc) is 3.25. The molecule has 0 saturated carbocycles. The number of nitrogens with one attached hydrogen (secondary N) is 4. The second kappa shape index (κ2) is 13.7. The van der Waals surface area contributed by atoms with E-state index >= 15 is 0 Å². The molecule has 1 heterocycles. The largest absolute Gasteiger partial charge is 0.480 e. The molecule has 0 aliphatic rings. The topological polar surface area (TPSA) is 210 Å². The minimum atomic E-state index is -1.22. The van der Waals surface area contributed by atoms with Crippen molar-refractivity contribution in [1.82, 2.24) is 20.9 Å². The minimum Gasteiger partial charge on any atom is -0.480 e. The van der Waals surface area contributed by atoms with Crippen molar-refractivity contribution in [2.24, 2.45) is 17.4 Å². The highest BCUT2D eigenvalue weighted by atomic mass is 32.1. The minimum absolute atomic E-state index is 0.0212. The zero-order valence-corrected chi connectivity index (χ0v) is 21.6. The molecular weight excluding hydrogens is 500 g/mol. The first-order valence-corrected chi connectivity index (χ1v) is 12.4. The number of aromatic amines is 1. The van der Waals surface area contributed by atoms with Crippen molar-refractivity contribution in [3.8, 4) is 0 Å². The Morgan fingerprint density at radius 2 is 1.62 bits per heavy atom. The van der Waals surface area contributed by atoms with Gasteiger partial charge in [-0.25, -0.2) is 4.79 Å². The molecule has 2 aromatic rings. The van der Waals surface area contributed by atoms with Gasteiger partial charge in [0.05, 0.1) is 6.04 Å². The zero-order chi connectivity index (χ0) is 27.7. The molecule has 0 saturated heterocycles. The van der Waals surface area contributed by atoms with Crippen molar-refractivity contribution < 1.29 is 29.1 Å². The highest BCUT2D eigenvalue weighted by Crippen LogP contribution is 2.19. The van der Waals surface area contributed by atoms with Gasteiger partial charge in [0.1, 0.15) is 18.1 Å². The van der Waals surface area contributed by atoms with Crippen molar-refractivity contribution in [2.75, 3.05) is 5.75 Å². The summed E-state index contributed by atoms with van der Waals surface area (Å²) >= 11 is 3.98. The first-order chi connectivity index (χ1) is 17.4. The van der Waals surface area contributed by atoms with Crippen LogP contribution in [0.4, 0.5) is 0 Å². The highest BCUT2D eigenvalue weighted by molar-refractivity contribution is 7.80. The van der Waals surface area contributed by atoms with Crippen LogP contribution in [0, 0.1) is 5.92 Å². The lowest BCUT2D eigenvalue weighted by Crippen LogP contribution is -2.58. The fraction of sp³-hybridized carbons (Fsp3) is 0.458. The number of fused-ring (bicyclic) bond motifs is 1. The van der Waals surface area contributed by atoms with Crippen LogP contribution >= 0.6 is 12.6 Å². The van der Waals surface area contributed by atoms with Crippen LogP contribution in [0.1, 0.15) is 32.3 Å². The number of rotatable bonds is 14. The lowest BCUT2D eigenvalue weighted by Gasteiger charge is -2.26. The third-order valence-electron chi connectivity index (χ3n) is 5.81. The second-order valence-corrected chi connectivity index (χ2v) is 9.41. The number of hydrogen-bond acceptors (Lipinski definition) is 7. The molecular formula is C24H34N6O6S. The number of para-hydroxylation sites is 1. The summed E-state index contributed by atoms with van der Waals surface area (Å²) in [6, 6.07) is 2.77. The van der Waals surface area contributed by atoms with Crippen molar-refractivity contribution in [3.05, 3.63) is 36.0 Å². The van der Waals surface area contributed by atoms with Gasteiger partial charge in [0, 0.05) is 35.7 Å². The third kappa shape index (κ3) is 8.50. The maximum Gasteiger partial charge on any atom is 0.326 e. The normalized spacial score (nSPS) is 14.4. The van der Waals surface area contributed by atoms with Gasteiger partial charge in [-0.1, -0.05) is 32.0 Å². The van der Waals surface area contributed by atoms with E-state index in [1.54, 1.807) is 20.0 Å². The van der Waals surface area contributed by atoms with Crippen molar-refractivity contribution in [2.45, 2.75) is 57.3 Å². The van der Waals surface area contributed by atoms with Gasteiger partial charge in [-0.05, 0) is 24.0 Å². The first kappa shape index (κ1) is 29.6. The standard InChI is InChI=1S/C24H34N6O6S/c1-12(2)20(24(35)36)30-23(34)18(9-13-10-27-16-6-4-3-5-14(13)16)29-22(33)17(7-8-19(26)31)28-21(32)15(25)11-37/h3-6,10,12,15,17-18,20,27,37H,7-9,11,25H2,1-2H3,(H2,26,31)(H,28,32)(H,29,33)(H,30,34)(H,35,36). The molecule has 12 nitrogen and oxygen atoms in total. The molecule has 37 heavy (non-hydrogen) atoms. The average molecular weight is 535 g/mol. The number of hydrogen-bond donors (Lipinski definition) is 8. The monoisotopic (exact) mass is 534 g/mol.